The van der Waals surface area contributed by atoms with Crippen molar-refractivity contribution >= 4 is 70.0 Å². The second-order valence-electron chi connectivity index (χ2n) is 1.91. The molecular formula is C5H3Cl5O3. The van der Waals surface area contributed by atoms with Gasteiger partial charge in [-0.1, -0.05) is 0 Å². The zero-order valence-electron chi connectivity index (χ0n) is 5.85. The summed E-state index contributed by atoms with van der Waals surface area (Å²) >= 11 is 26.2. The molecule has 2 unspecified atom stereocenters. The van der Waals surface area contributed by atoms with Gasteiger partial charge in [0.15, 0.2) is 0 Å². The van der Waals surface area contributed by atoms with Crippen molar-refractivity contribution in [3.8, 4) is 0 Å². The first-order chi connectivity index (χ1) is 5.91. The van der Waals surface area contributed by atoms with Gasteiger partial charge in [0.2, 0.25) is 0 Å². The summed E-state index contributed by atoms with van der Waals surface area (Å²) in [5.41, 5.74) is 0. The molecule has 0 aliphatic carbocycles. The number of Topliss-reactive ketones (excluding diaryl/α,β-unsaturated/α-hetero) is 1. The molecule has 0 spiro atoms. The average molecular weight is 288 g/mol. The van der Waals surface area contributed by atoms with Crippen LogP contribution < -0.4 is 0 Å². The van der Waals surface area contributed by atoms with E-state index in [0.29, 0.717) is 0 Å². The van der Waals surface area contributed by atoms with E-state index in [9.17, 15) is 9.59 Å². The van der Waals surface area contributed by atoms with Crippen molar-refractivity contribution in [3.05, 3.63) is 0 Å². The molecule has 13 heavy (non-hydrogen) atoms. The number of hydrogen-bond donors (Lipinski definition) is 0. The Hall–Kier alpha value is 0.590. The van der Waals surface area contributed by atoms with Crippen molar-refractivity contribution in [3.63, 3.8) is 0 Å². The third-order valence-corrected chi connectivity index (χ3v) is 3.09. The molecule has 0 aromatic carbocycles. The van der Waals surface area contributed by atoms with Crippen molar-refractivity contribution in [2.24, 2.45) is 0 Å². The quantitative estimate of drug-likeness (QED) is 0.589. The molecule has 2 atom stereocenters. The zero-order chi connectivity index (χ0) is 10.6. The number of alkyl halides is 4. The smallest absolute Gasteiger partial charge is 0.341 e. The minimum absolute atomic E-state index is 1.07. The first-order valence-corrected chi connectivity index (χ1v) is 4.90. The van der Waals surface area contributed by atoms with E-state index in [-0.39, 0.29) is 0 Å². The van der Waals surface area contributed by atoms with Gasteiger partial charge in [0.05, 0.1) is 5.38 Å². The highest BCUT2D eigenvalue weighted by molar-refractivity contribution is 6.55. The third kappa shape index (κ3) is 4.09. The van der Waals surface area contributed by atoms with Crippen LogP contribution in [0.3, 0.4) is 0 Å². The van der Waals surface area contributed by atoms with Gasteiger partial charge >= 0.3 is 5.97 Å². The molecule has 0 amide bonds. The highest BCUT2D eigenvalue weighted by atomic mass is 35.5. The van der Waals surface area contributed by atoms with Crippen LogP contribution in [0.5, 0.6) is 0 Å². The largest absolute Gasteiger partial charge is 0.394 e. The zero-order valence-corrected chi connectivity index (χ0v) is 9.63. The third-order valence-electron chi connectivity index (χ3n) is 1.04. The number of ketones is 1. The molecule has 3 nitrogen and oxygen atoms in total. The van der Waals surface area contributed by atoms with E-state index >= 15 is 0 Å². The molecule has 0 radical (unpaired) electrons. The Balaban J connectivity index is 4.33. The molecule has 0 fully saturated rings. The molecule has 76 valence electrons. The van der Waals surface area contributed by atoms with Gasteiger partial charge in [-0.2, -0.15) is 0 Å². The number of carbonyl (C=O) groups is 2. The van der Waals surface area contributed by atoms with E-state index in [4.69, 9.17) is 46.4 Å². The number of hydrogen-bond acceptors (Lipinski definition) is 3. The average Bonchev–Trinajstić information content (AvgIpc) is 2.12. The van der Waals surface area contributed by atoms with Crippen LogP contribution in [-0.2, 0) is 13.9 Å². The van der Waals surface area contributed by atoms with Crippen LogP contribution in [0.15, 0.2) is 0 Å². The number of halogens is 5. The SMILES string of the molecule is O=C(OCl)C(=O)C(Cl)C(Cl)C(Cl)Cl. The van der Waals surface area contributed by atoms with Crippen molar-refractivity contribution in [1.82, 2.24) is 0 Å². The summed E-state index contributed by atoms with van der Waals surface area (Å²) in [6.45, 7) is 0. The van der Waals surface area contributed by atoms with Crippen LogP contribution in [0.4, 0.5) is 0 Å². The van der Waals surface area contributed by atoms with E-state index in [1.165, 1.54) is 0 Å². The minimum Gasteiger partial charge on any atom is -0.341 e. The first-order valence-electron chi connectivity index (χ1n) is 2.84. The molecule has 0 heterocycles. The molecular weight excluding hydrogens is 285 g/mol. The van der Waals surface area contributed by atoms with E-state index in [2.05, 4.69) is 16.2 Å². The van der Waals surface area contributed by atoms with Crippen molar-refractivity contribution in [2.75, 3.05) is 0 Å². The lowest BCUT2D eigenvalue weighted by Gasteiger charge is -2.13. The maximum Gasteiger partial charge on any atom is 0.394 e. The molecule has 0 bridgehead atoms. The Morgan fingerprint density at radius 2 is 1.54 bits per heavy atom. The van der Waals surface area contributed by atoms with Gasteiger partial charge in [-0.3, -0.25) is 4.79 Å². The van der Waals surface area contributed by atoms with Gasteiger partial charge in [-0.05, 0) is 0 Å². The Morgan fingerprint density at radius 1 is 1.08 bits per heavy atom. The fourth-order valence-corrected chi connectivity index (χ4v) is 1.29. The van der Waals surface area contributed by atoms with Gasteiger partial charge in [0, 0.05) is 0 Å². The normalized spacial score (nSPS) is 15.2. The number of rotatable bonds is 4. The van der Waals surface area contributed by atoms with Crippen LogP contribution in [0, 0.1) is 0 Å². The van der Waals surface area contributed by atoms with Crippen molar-refractivity contribution in [1.29, 1.82) is 0 Å². The summed E-state index contributed by atoms with van der Waals surface area (Å²) in [5, 5.41) is -2.46. The summed E-state index contributed by atoms with van der Waals surface area (Å²) in [7, 11) is 0. The lowest BCUT2D eigenvalue weighted by atomic mass is 10.2. The predicted molar refractivity (Wildman–Crippen MR) is 51.7 cm³/mol. The molecule has 0 aromatic heterocycles. The highest BCUT2D eigenvalue weighted by Crippen LogP contribution is 2.22. The summed E-state index contributed by atoms with van der Waals surface area (Å²) in [6.07, 6.45) is 0. The summed E-state index contributed by atoms with van der Waals surface area (Å²) in [6, 6.07) is 0. The lowest BCUT2D eigenvalue weighted by Crippen LogP contribution is -2.34. The van der Waals surface area contributed by atoms with Crippen molar-refractivity contribution in [2.45, 2.75) is 15.6 Å². The van der Waals surface area contributed by atoms with Gasteiger partial charge < -0.3 is 4.29 Å². The fraction of sp³-hybridized carbons (Fsp3) is 0.600. The van der Waals surface area contributed by atoms with Crippen LogP contribution in [0.2, 0.25) is 0 Å². The minimum atomic E-state index is -1.37. The highest BCUT2D eigenvalue weighted by Gasteiger charge is 2.34. The monoisotopic (exact) mass is 286 g/mol. The van der Waals surface area contributed by atoms with E-state index in [1.54, 1.807) is 0 Å². The lowest BCUT2D eigenvalue weighted by molar-refractivity contribution is -0.146. The molecule has 0 aliphatic heterocycles. The molecule has 0 aliphatic rings. The maximum absolute atomic E-state index is 10.9. The molecule has 0 saturated heterocycles. The second kappa shape index (κ2) is 6.14. The van der Waals surface area contributed by atoms with Gasteiger partial charge in [-0.25, -0.2) is 4.79 Å². The Morgan fingerprint density at radius 3 is 1.85 bits per heavy atom. The predicted octanol–water partition coefficient (Wildman–Crippen LogP) is 2.27. The van der Waals surface area contributed by atoms with Crippen LogP contribution in [-0.4, -0.2) is 27.3 Å². The van der Waals surface area contributed by atoms with Gasteiger partial charge in [0.1, 0.15) is 22.1 Å². The first kappa shape index (κ1) is 13.6. The second-order valence-corrected chi connectivity index (χ2v) is 4.20. The van der Waals surface area contributed by atoms with Crippen LogP contribution in [0.25, 0.3) is 0 Å². The fourth-order valence-electron chi connectivity index (χ4n) is 0.423. The Kier molecular flexibility index (Phi) is 6.42. The van der Waals surface area contributed by atoms with E-state index < -0.39 is 27.3 Å². The standard InChI is InChI=1S/C5H3Cl5O3/c6-1(2(7)4(8)9)3(11)5(12)13-10/h1-2,4H. The van der Waals surface area contributed by atoms with E-state index in [1.807, 2.05) is 0 Å². The van der Waals surface area contributed by atoms with E-state index in [0.717, 1.165) is 0 Å². The van der Waals surface area contributed by atoms with Crippen LogP contribution in [0.1, 0.15) is 0 Å². The number of carbonyl (C=O) groups excluding carboxylic acids is 2. The van der Waals surface area contributed by atoms with Crippen molar-refractivity contribution < 1.29 is 13.9 Å². The summed E-state index contributed by atoms with van der Waals surface area (Å²) in [5.74, 6) is -2.40. The van der Waals surface area contributed by atoms with Gasteiger partial charge in [0.25, 0.3) is 5.78 Å². The molecule has 0 aromatic rings. The molecule has 0 saturated carbocycles. The Labute approximate surface area is 99.3 Å². The van der Waals surface area contributed by atoms with Gasteiger partial charge in [-0.15, -0.1) is 46.4 Å². The van der Waals surface area contributed by atoms with Crippen LogP contribution >= 0.6 is 58.3 Å². The molecule has 8 heteroatoms. The Bertz CT molecular complexity index is 206. The topological polar surface area (TPSA) is 43.4 Å². The molecule has 0 N–H and O–H groups in total. The molecule has 0 rings (SSSR count). The summed E-state index contributed by atoms with van der Waals surface area (Å²) in [4.78, 5) is 20.4. The summed E-state index contributed by atoms with van der Waals surface area (Å²) < 4.78 is 3.62. The maximum atomic E-state index is 10.9.